The number of hydrogen-bond donors (Lipinski definition) is 2. The van der Waals surface area contributed by atoms with Gasteiger partial charge in [-0.3, -0.25) is 4.79 Å². The topological polar surface area (TPSA) is 41.1 Å². The molecule has 3 nitrogen and oxygen atoms in total. The van der Waals surface area contributed by atoms with Crippen LogP contribution < -0.4 is 10.6 Å². The molecule has 0 spiro atoms. The molecule has 0 unspecified atom stereocenters. The summed E-state index contributed by atoms with van der Waals surface area (Å²) in [5, 5.41) is 5.94. The highest BCUT2D eigenvalue weighted by Gasteiger charge is 2.16. The van der Waals surface area contributed by atoms with Gasteiger partial charge in [0, 0.05) is 12.6 Å². The monoisotopic (exact) mass is 156 g/mol. The van der Waals surface area contributed by atoms with Crippen LogP contribution in [0.25, 0.3) is 0 Å². The predicted molar refractivity (Wildman–Crippen MR) is 44.3 cm³/mol. The summed E-state index contributed by atoms with van der Waals surface area (Å²) in [7, 11) is 0. The van der Waals surface area contributed by atoms with Crippen molar-refractivity contribution in [2.45, 2.75) is 32.2 Å². The molecule has 0 saturated heterocycles. The quantitative estimate of drug-likeness (QED) is 0.613. The molecule has 0 aromatic carbocycles. The van der Waals surface area contributed by atoms with Gasteiger partial charge in [-0.05, 0) is 19.8 Å². The molecular weight excluding hydrogens is 140 g/mol. The van der Waals surface area contributed by atoms with E-state index in [0.717, 1.165) is 6.54 Å². The molecule has 1 rings (SSSR count). The van der Waals surface area contributed by atoms with Crippen LogP contribution in [0.4, 0.5) is 0 Å². The van der Waals surface area contributed by atoms with Crippen LogP contribution in [0.1, 0.15) is 26.2 Å². The van der Waals surface area contributed by atoms with E-state index in [4.69, 9.17) is 0 Å². The van der Waals surface area contributed by atoms with Gasteiger partial charge in [0.05, 0.1) is 6.54 Å². The van der Waals surface area contributed by atoms with E-state index in [0.29, 0.717) is 12.6 Å². The van der Waals surface area contributed by atoms with Crippen LogP contribution in [0.15, 0.2) is 0 Å². The van der Waals surface area contributed by atoms with E-state index in [9.17, 15) is 4.79 Å². The standard InChI is InChI=1S/C8H16N2O/c1-2-9-8(11)6-10-7-4-3-5-7/h7,10H,2-6H2,1H3,(H,9,11). The van der Waals surface area contributed by atoms with E-state index in [-0.39, 0.29) is 5.91 Å². The lowest BCUT2D eigenvalue weighted by Crippen LogP contribution is -2.42. The number of hydrogen-bond acceptors (Lipinski definition) is 2. The molecule has 1 aliphatic rings. The van der Waals surface area contributed by atoms with Crippen molar-refractivity contribution in [3.63, 3.8) is 0 Å². The highest BCUT2D eigenvalue weighted by molar-refractivity contribution is 5.77. The van der Waals surface area contributed by atoms with E-state index >= 15 is 0 Å². The third kappa shape index (κ3) is 2.89. The second kappa shape index (κ2) is 4.34. The summed E-state index contributed by atoms with van der Waals surface area (Å²) in [5.74, 6) is 0.111. The van der Waals surface area contributed by atoms with Gasteiger partial charge < -0.3 is 10.6 Å². The summed E-state index contributed by atoms with van der Waals surface area (Å²) in [6.07, 6.45) is 3.78. The van der Waals surface area contributed by atoms with Crippen LogP contribution in [0.2, 0.25) is 0 Å². The van der Waals surface area contributed by atoms with Gasteiger partial charge in [0.2, 0.25) is 5.91 Å². The van der Waals surface area contributed by atoms with Crippen molar-refractivity contribution in [1.29, 1.82) is 0 Å². The van der Waals surface area contributed by atoms with Crippen molar-refractivity contribution in [3.8, 4) is 0 Å². The number of carbonyl (C=O) groups excluding carboxylic acids is 1. The summed E-state index contributed by atoms with van der Waals surface area (Å²) >= 11 is 0. The highest BCUT2D eigenvalue weighted by atomic mass is 16.1. The Kier molecular flexibility index (Phi) is 3.36. The molecule has 3 heteroatoms. The average Bonchev–Trinajstić information content (AvgIpc) is 1.85. The minimum atomic E-state index is 0.111. The lowest BCUT2D eigenvalue weighted by molar-refractivity contribution is -0.120. The van der Waals surface area contributed by atoms with Crippen LogP contribution in [-0.4, -0.2) is 25.0 Å². The second-order valence-electron chi connectivity index (χ2n) is 2.96. The van der Waals surface area contributed by atoms with Gasteiger partial charge in [0.15, 0.2) is 0 Å². The molecule has 1 amide bonds. The largest absolute Gasteiger partial charge is 0.355 e. The van der Waals surface area contributed by atoms with E-state index in [1.54, 1.807) is 0 Å². The first-order chi connectivity index (χ1) is 5.33. The molecule has 0 radical (unpaired) electrons. The maximum Gasteiger partial charge on any atom is 0.233 e. The Morgan fingerprint density at radius 2 is 2.27 bits per heavy atom. The lowest BCUT2D eigenvalue weighted by atomic mass is 9.93. The average molecular weight is 156 g/mol. The Morgan fingerprint density at radius 1 is 1.55 bits per heavy atom. The maximum atomic E-state index is 10.9. The van der Waals surface area contributed by atoms with Gasteiger partial charge in [-0.15, -0.1) is 0 Å². The summed E-state index contributed by atoms with van der Waals surface area (Å²) in [6.45, 7) is 3.14. The van der Waals surface area contributed by atoms with Crippen LogP contribution in [0.3, 0.4) is 0 Å². The Balaban J connectivity index is 1.96. The summed E-state index contributed by atoms with van der Waals surface area (Å²) < 4.78 is 0. The predicted octanol–water partition coefficient (Wildman–Crippen LogP) is 0.265. The smallest absolute Gasteiger partial charge is 0.233 e. The van der Waals surface area contributed by atoms with Gasteiger partial charge >= 0.3 is 0 Å². The van der Waals surface area contributed by atoms with Crippen molar-refractivity contribution >= 4 is 5.91 Å². The minimum absolute atomic E-state index is 0.111. The Bertz CT molecular complexity index is 132. The normalized spacial score (nSPS) is 17.5. The van der Waals surface area contributed by atoms with E-state index in [1.165, 1.54) is 19.3 Å². The van der Waals surface area contributed by atoms with E-state index in [1.807, 2.05) is 6.92 Å². The Hall–Kier alpha value is -0.570. The molecule has 0 aliphatic heterocycles. The van der Waals surface area contributed by atoms with Crippen LogP contribution in [-0.2, 0) is 4.79 Å². The maximum absolute atomic E-state index is 10.9. The van der Waals surface area contributed by atoms with Crippen molar-refractivity contribution in [2.24, 2.45) is 0 Å². The molecule has 0 atom stereocenters. The van der Waals surface area contributed by atoms with Crippen LogP contribution >= 0.6 is 0 Å². The fraction of sp³-hybridized carbons (Fsp3) is 0.875. The number of carbonyl (C=O) groups is 1. The first-order valence-electron chi connectivity index (χ1n) is 4.33. The molecule has 0 aromatic rings. The SMILES string of the molecule is CCNC(=O)CNC1CCC1. The van der Waals surface area contributed by atoms with Crippen molar-refractivity contribution in [2.75, 3.05) is 13.1 Å². The highest BCUT2D eigenvalue weighted by Crippen LogP contribution is 2.17. The summed E-state index contributed by atoms with van der Waals surface area (Å²) in [5.41, 5.74) is 0. The molecule has 0 bridgehead atoms. The van der Waals surface area contributed by atoms with Crippen molar-refractivity contribution in [3.05, 3.63) is 0 Å². The Labute approximate surface area is 67.5 Å². The fourth-order valence-electron chi connectivity index (χ4n) is 1.11. The number of likely N-dealkylation sites (N-methyl/N-ethyl adjacent to an activating group) is 1. The fourth-order valence-corrected chi connectivity index (χ4v) is 1.11. The van der Waals surface area contributed by atoms with Crippen LogP contribution in [0.5, 0.6) is 0 Å². The summed E-state index contributed by atoms with van der Waals surface area (Å²) in [4.78, 5) is 10.9. The molecule has 0 heterocycles. The molecule has 1 saturated carbocycles. The lowest BCUT2D eigenvalue weighted by Gasteiger charge is -2.26. The molecular formula is C8H16N2O. The zero-order valence-electron chi connectivity index (χ0n) is 7.02. The first-order valence-corrected chi connectivity index (χ1v) is 4.33. The number of rotatable bonds is 4. The molecule has 0 aromatic heterocycles. The zero-order chi connectivity index (χ0) is 8.10. The first kappa shape index (κ1) is 8.53. The van der Waals surface area contributed by atoms with Crippen molar-refractivity contribution in [1.82, 2.24) is 10.6 Å². The molecule has 1 aliphatic carbocycles. The number of amides is 1. The minimum Gasteiger partial charge on any atom is -0.355 e. The van der Waals surface area contributed by atoms with Gasteiger partial charge in [0.25, 0.3) is 0 Å². The van der Waals surface area contributed by atoms with E-state index in [2.05, 4.69) is 10.6 Å². The summed E-state index contributed by atoms with van der Waals surface area (Å²) in [6, 6.07) is 0.609. The second-order valence-corrected chi connectivity index (χ2v) is 2.96. The molecule has 2 N–H and O–H groups in total. The van der Waals surface area contributed by atoms with Gasteiger partial charge in [-0.1, -0.05) is 6.42 Å². The van der Waals surface area contributed by atoms with E-state index < -0.39 is 0 Å². The van der Waals surface area contributed by atoms with Gasteiger partial charge in [-0.2, -0.15) is 0 Å². The molecule has 64 valence electrons. The molecule has 1 fully saturated rings. The third-order valence-electron chi connectivity index (χ3n) is 2.03. The van der Waals surface area contributed by atoms with Crippen LogP contribution in [0, 0.1) is 0 Å². The Morgan fingerprint density at radius 3 is 2.73 bits per heavy atom. The number of nitrogens with one attached hydrogen (secondary N) is 2. The molecule has 11 heavy (non-hydrogen) atoms. The van der Waals surface area contributed by atoms with Gasteiger partial charge in [-0.25, -0.2) is 0 Å². The third-order valence-corrected chi connectivity index (χ3v) is 2.03. The van der Waals surface area contributed by atoms with Gasteiger partial charge in [0.1, 0.15) is 0 Å². The van der Waals surface area contributed by atoms with Crippen molar-refractivity contribution < 1.29 is 4.79 Å². The zero-order valence-corrected chi connectivity index (χ0v) is 7.02.